The van der Waals surface area contributed by atoms with Crippen LogP contribution in [0, 0.1) is 15.5 Å². The third-order valence-corrected chi connectivity index (χ3v) is 3.22. The van der Waals surface area contributed by atoms with Crippen LogP contribution in [0.3, 0.4) is 0 Å². The Morgan fingerprint density at radius 2 is 2.05 bits per heavy atom. The summed E-state index contributed by atoms with van der Waals surface area (Å²) in [6.07, 6.45) is 0. The zero-order chi connectivity index (χ0) is 15.6. The second-order valence-corrected chi connectivity index (χ2v) is 5.41. The lowest BCUT2D eigenvalue weighted by Gasteiger charge is -2.11. The highest BCUT2D eigenvalue weighted by atomic mass is 79.9. The third-order valence-electron chi connectivity index (χ3n) is 2.53. The van der Waals surface area contributed by atoms with Crippen molar-refractivity contribution in [3.63, 3.8) is 0 Å². The second-order valence-electron chi connectivity index (χ2n) is 4.06. The van der Waals surface area contributed by atoms with Gasteiger partial charge in [-0.25, -0.2) is 0 Å². The predicted molar refractivity (Wildman–Crippen MR) is 83.3 cm³/mol. The third kappa shape index (κ3) is 3.71. The van der Waals surface area contributed by atoms with Crippen LogP contribution in [0.5, 0.6) is 11.5 Å². The first kappa shape index (κ1) is 15.3. The Balaban J connectivity index is 2.45. The fourth-order valence-electron chi connectivity index (χ4n) is 1.64. The van der Waals surface area contributed by atoms with Crippen LogP contribution >= 0.6 is 27.5 Å². The normalized spacial score (nSPS) is 10.2. The Hall–Kier alpha value is -2.12. The van der Waals surface area contributed by atoms with Crippen molar-refractivity contribution in [1.29, 1.82) is 5.41 Å². The van der Waals surface area contributed by atoms with Gasteiger partial charge in [-0.1, -0.05) is 27.5 Å². The van der Waals surface area contributed by atoms with Gasteiger partial charge in [0, 0.05) is 21.6 Å². The molecule has 108 valence electrons. The predicted octanol–water partition coefficient (Wildman–Crippen LogP) is 4.09. The number of non-ortho nitro benzene ring substituents is 1. The lowest BCUT2D eigenvalue weighted by molar-refractivity contribution is -0.385. The van der Waals surface area contributed by atoms with E-state index >= 15 is 0 Å². The number of nitrogens with zero attached hydrogens (tertiary/aromatic N) is 1. The molecule has 2 aromatic carbocycles. The molecule has 0 fully saturated rings. The molecule has 6 nitrogen and oxygen atoms in total. The van der Waals surface area contributed by atoms with E-state index in [1.54, 1.807) is 18.2 Å². The van der Waals surface area contributed by atoms with Gasteiger partial charge in [0.25, 0.3) is 5.69 Å². The Morgan fingerprint density at radius 3 is 2.67 bits per heavy atom. The SMILES string of the molecule is N=C(N)c1ccc(Cl)cc1Oc1cc(Br)cc([N+](=O)[O-])c1. The minimum atomic E-state index is -0.526. The molecule has 2 aromatic rings. The van der Waals surface area contributed by atoms with Gasteiger partial charge in [-0.2, -0.15) is 0 Å². The van der Waals surface area contributed by atoms with Gasteiger partial charge in [-0.3, -0.25) is 15.5 Å². The number of nitrogen functional groups attached to an aromatic ring is 1. The van der Waals surface area contributed by atoms with Crippen LogP contribution in [0.1, 0.15) is 5.56 Å². The summed E-state index contributed by atoms with van der Waals surface area (Å²) in [5, 5.41) is 18.7. The van der Waals surface area contributed by atoms with E-state index < -0.39 is 4.92 Å². The maximum absolute atomic E-state index is 10.8. The Morgan fingerprint density at radius 1 is 1.33 bits per heavy atom. The van der Waals surface area contributed by atoms with Crippen molar-refractivity contribution in [1.82, 2.24) is 0 Å². The van der Waals surface area contributed by atoms with Gasteiger partial charge in [0.05, 0.1) is 16.6 Å². The van der Waals surface area contributed by atoms with Crippen LogP contribution in [0.25, 0.3) is 0 Å². The molecule has 21 heavy (non-hydrogen) atoms. The molecule has 0 amide bonds. The first-order valence-electron chi connectivity index (χ1n) is 5.63. The number of nitro benzene ring substituents is 1. The second kappa shape index (κ2) is 6.11. The highest BCUT2D eigenvalue weighted by Gasteiger charge is 2.13. The molecule has 0 spiro atoms. The first-order chi connectivity index (χ1) is 9.86. The maximum atomic E-state index is 10.8. The number of ether oxygens (including phenoxy) is 1. The van der Waals surface area contributed by atoms with E-state index in [-0.39, 0.29) is 23.0 Å². The van der Waals surface area contributed by atoms with Gasteiger partial charge >= 0.3 is 0 Å². The van der Waals surface area contributed by atoms with E-state index in [1.807, 2.05) is 0 Å². The number of hydrogen-bond donors (Lipinski definition) is 2. The average molecular weight is 371 g/mol. The number of nitrogens with one attached hydrogen (secondary N) is 1. The molecule has 8 heteroatoms. The molecule has 0 aromatic heterocycles. The fraction of sp³-hybridized carbons (Fsp3) is 0. The Kier molecular flexibility index (Phi) is 4.44. The molecule has 0 saturated carbocycles. The van der Waals surface area contributed by atoms with Gasteiger partial charge < -0.3 is 10.5 Å². The van der Waals surface area contributed by atoms with Crippen molar-refractivity contribution in [2.75, 3.05) is 0 Å². The van der Waals surface area contributed by atoms with Crippen LogP contribution in [0.4, 0.5) is 5.69 Å². The minimum absolute atomic E-state index is 0.120. The van der Waals surface area contributed by atoms with Gasteiger partial charge in [0.15, 0.2) is 0 Å². The molecule has 0 unspecified atom stereocenters. The zero-order valence-corrected chi connectivity index (χ0v) is 12.8. The van der Waals surface area contributed by atoms with Crippen LogP contribution < -0.4 is 10.5 Å². The number of rotatable bonds is 4. The van der Waals surface area contributed by atoms with Crippen molar-refractivity contribution in [2.45, 2.75) is 0 Å². The Labute approximate surface area is 133 Å². The monoisotopic (exact) mass is 369 g/mol. The van der Waals surface area contributed by atoms with Gasteiger partial charge in [-0.15, -0.1) is 0 Å². The summed E-state index contributed by atoms with van der Waals surface area (Å²) < 4.78 is 6.08. The molecule has 0 radical (unpaired) electrons. The van der Waals surface area contributed by atoms with E-state index in [0.717, 1.165) is 0 Å². The summed E-state index contributed by atoms with van der Waals surface area (Å²) >= 11 is 9.07. The highest BCUT2D eigenvalue weighted by molar-refractivity contribution is 9.10. The lowest BCUT2D eigenvalue weighted by Crippen LogP contribution is -2.12. The molecule has 0 aliphatic carbocycles. The largest absolute Gasteiger partial charge is 0.456 e. The molecule has 0 heterocycles. The van der Waals surface area contributed by atoms with E-state index in [0.29, 0.717) is 15.1 Å². The Bertz CT molecular complexity index is 737. The van der Waals surface area contributed by atoms with Crippen molar-refractivity contribution >= 4 is 39.1 Å². The smallest absolute Gasteiger partial charge is 0.274 e. The number of amidine groups is 1. The van der Waals surface area contributed by atoms with Crippen molar-refractivity contribution in [3.05, 3.63) is 61.6 Å². The van der Waals surface area contributed by atoms with Gasteiger partial charge in [0.2, 0.25) is 0 Å². The summed E-state index contributed by atoms with van der Waals surface area (Å²) in [4.78, 5) is 10.3. The van der Waals surface area contributed by atoms with Crippen LogP contribution in [0.2, 0.25) is 5.02 Å². The molecule has 2 rings (SSSR count). The van der Waals surface area contributed by atoms with Crippen LogP contribution in [-0.2, 0) is 0 Å². The topological polar surface area (TPSA) is 102 Å². The number of benzene rings is 2. The van der Waals surface area contributed by atoms with Gasteiger partial charge in [-0.05, 0) is 18.2 Å². The van der Waals surface area contributed by atoms with Crippen molar-refractivity contribution in [3.8, 4) is 11.5 Å². The van der Waals surface area contributed by atoms with Crippen LogP contribution in [0.15, 0.2) is 40.9 Å². The van der Waals surface area contributed by atoms with E-state index in [9.17, 15) is 10.1 Å². The number of nitrogens with two attached hydrogens (primary N) is 1. The summed E-state index contributed by atoms with van der Waals surface area (Å²) in [5.74, 6) is 0.300. The molecule has 0 atom stereocenters. The van der Waals surface area contributed by atoms with Crippen LogP contribution in [-0.4, -0.2) is 10.8 Å². The quantitative estimate of drug-likeness (QED) is 0.366. The summed E-state index contributed by atoms with van der Waals surface area (Å²) in [5.41, 5.74) is 5.70. The maximum Gasteiger partial charge on any atom is 0.274 e. The molecular weight excluding hydrogens is 362 g/mol. The van der Waals surface area contributed by atoms with Gasteiger partial charge in [0.1, 0.15) is 17.3 Å². The molecule has 0 bridgehead atoms. The van der Waals surface area contributed by atoms with E-state index in [2.05, 4.69) is 15.9 Å². The lowest BCUT2D eigenvalue weighted by atomic mass is 10.2. The number of nitro groups is 1. The summed E-state index contributed by atoms with van der Waals surface area (Å²) in [6.45, 7) is 0. The number of halogens is 2. The summed E-state index contributed by atoms with van der Waals surface area (Å²) in [7, 11) is 0. The average Bonchev–Trinajstić information content (AvgIpc) is 2.37. The van der Waals surface area contributed by atoms with E-state index in [4.69, 9.17) is 27.5 Å². The first-order valence-corrected chi connectivity index (χ1v) is 6.80. The molecular formula is C13H9BrClN3O3. The van der Waals surface area contributed by atoms with Crippen molar-refractivity contribution in [2.24, 2.45) is 5.73 Å². The molecule has 0 aliphatic heterocycles. The zero-order valence-electron chi connectivity index (χ0n) is 10.5. The molecule has 0 saturated heterocycles. The van der Waals surface area contributed by atoms with E-state index in [1.165, 1.54) is 18.2 Å². The minimum Gasteiger partial charge on any atom is -0.456 e. The fourth-order valence-corrected chi connectivity index (χ4v) is 2.26. The molecule has 0 aliphatic rings. The summed E-state index contributed by atoms with van der Waals surface area (Å²) in [6, 6.07) is 8.82. The molecule has 3 N–H and O–H groups in total. The highest BCUT2D eigenvalue weighted by Crippen LogP contribution is 2.32. The number of hydrogen-bond acceptors (Lipinski definition) is 4. The van der Waals surface area contributed by atoms with Crippen molar-refractivity contribution < 1.29 is 9.66 Å². The standard InChI is InChI=1S/C13H9BrClN3O3/c14-7-3-9(18(19)20)6-10(4-7)21-12-5-8(15)1-2-11(12)13(16)17/h1-6H,(H3,16,17).